The number of amides is 2. The fourth-order valence-corrected chi connectivity index (χ4v) is 2.57. The van der Waals surface area contributed by atoms with Crippen LogP contribution < -0.4 is 16.3 Å². The molecule has 1 aromatic carbocycles. The van der Waals surface area contributed by atoms with Crippen molar-refractivity contribution in [3.8, 4) is 11.4 Å². The first-order valence-corrected chi connectivity index (χ1v) is 8.27. The van der Waals surface area contributed by atoms with Gasteiger partial charge in [-0.1, -0.05) is 23.7 Å². The molecule has 3 rings (SSSR count). The van der Waals surface area contributed by atoms with Crippen LogP contribution in [0, 0.1) is 0 Å². The summed E-state index contributed by atoms with van der Waals surface area (Å²) in [4.78, 5) is 28.2. The Labute approximate surface area is 154 Å². The van der Waals surface area contributed by atoms with Crippen molar-refractivity contribution < 1.29 is 4.79 Å². The van der Waals surface area contributed by atoms with E-state index in [1.165, 1.54) is 9.25 Å². The van der Waals surface area contributed by atoms with Crippen LogP contribution in [0.5, 0.6) is 0 Å². The van der Waals surface area contributed by atoms with E-state index in [0.29, 0.717) is 16.5 Å². The van der Waals surface area contributed by atoms with E-state index in [2.05, 4.69) is 20.7 Å². The van der Waals surface area contributed by atoms with Crippen molar-refractivity contribution >= 4 is 23.3 Å². The first-order valence-electron chi connectivity index (χ1n) is 7.90. The minimum Gasteiger partial charge on any atom is -0.336 e. The number of rotatable bonds is 5. The van der Waals surface area contributed by atoms with E-state index in [4.69, 9.17) is 11.6 Å². The number of anilines is 1. The largest absolute Gasteiger partial charge is 0.345 e. The lowest BCUT2D eigenvalue weighted by Gasteiger charge is -2.08. The second-order valence-electron chi connectivity index (χ2n) is 5.49. The van der Waals surface area contributed by atoms with Gasteiger partial charge in [-0.3, -0.25) is 9.55 Å². The summed E-state index contributed by atoms with van der Waals surface area (Å²) >= 11 is 5.99. The number of hydrogen-bond acceptors (Lipinski definition) is 4. The van der Waals surface area contributed by atoms with Gasteiger partial charge < -0.3 is 10.6 Å². The smallest absolute Gasteiger partial charge is 0.336 e. The molecule has 0 bridgehead atoms. The fourth-order valence-electron chi connectivity index (χ4n) is 2.38. The summed E-state index contributed by atoms with van der Waals surface area (Å²) < 4.78 is 2.75. The highest BCUT2D eigenvalue weighted by atomic mass is 35.5. The molecule has 2 N–H and O–H groups in total. The predicted octanol–water partition coefficient (Wildman–Crippen LogP) is 2.12. The minimum atomic E-state index is -0.408. The SMILES string of the molecule is Cn1c(-c2cccnc2)nn(CCNC(=O)Nc2ccccc2Cl)c1=O. The van der Waals surface area contributed by atoms with Crippen LogP contribution in [0.15, 0.2) is 53.6 Å². The monoisotopic (exact) mass is 372 g/mol. The number of carbonyl (C=O) groups is 1. The number of nitrogens with zero attached hydrogens (tertiary/aromatic N) is 4. The summed E-state index contributed by atoms with van der Waals surface area (Å²) in [5.41, 5.74) is 0.993. The molecule has 2 aromatic heterocycles. The normalized spacial score (nSPS) is 10.5. The Morgan fingerprint density at radius 1 is 1.23 bits per heavy atom. The zero-order valence-corrected chi connectivity index (χ0v) is 14.8. The minimum absolute atomic E-state index is 0.236. The molecule has 26 heavy (non-hydrogen) atoms. The number of para-hydroxylation sites is 1. The Morgan fingerprint density at radius 3 is 2.77 bits per heavy atom. The topological polar surface area (TPSA) is 93.8 Å². The Bertz CT molecular complexity index is 967. The van der Waals surface area contributed by atoms with Crippen LogP contribution in [0.1, 0.15) is 0 Å². The third-order valence-corrected chi connectivity index (χ3v) is 4.02. The Morgan fingerprint density at radius 2 is 2.04 bits per heavy atom. The van der Waals surface area contributed by atoms with Gasteiger partial charge in [0.1, 0.15) is 0 Å². The van der Waals surface area contributed by atoms with Gasteiger partial charge >= 0.3 is 11.7 Å². The molecule has 2 heterocycles. The molecule has 0 fully saturated rings. The van der Waals surface area contributed by atoms with Crippen LogP contribution >= 0.6 is 11.6 Å². The van der Waals surface area contributed by atoms with Gasteiger partial charge in [0.15, 0.2) is 5.82 Å². The van der Waals surface area contributed by atoms with Crippen molar-refractivity contribution in [1.82, 2.24) is 24.6 Å². The maximum absolute atomic E-state index is 12.3. The van der Waals surface area contributed by atoms with Crippen molar-refractivity contribution in [1.29, 1.82) is 0 Å². The van der Waals surface area contributed by atoms with E-state index < -0.39 is 6.03 Å². The molecule has 0 saturated carbocycles. The fraction of sp³-hybridized carbons (Fsp3) is 0.176. The standard InChI is InChI=1S/C17H17ClN6O2/c1-23-15(12-5-4-8-19-11-12)22-24(17(23)26)10-9-20-16(25)21-14-7-3-2-6-13(14)18/h2-8,11H,9-10H2,1H3,(H2,20,21,25). The van der Waals surface area contributed by atoms with Gasteiger partial charge in [-0.05, 0) is 24.3 Å². The van der Waals surface area contributed by atoms with Gasteiger partial charge in [0.2, 0.25) is 0 Å². The lowest BCUT2D eigenvalue weighted by atomic mass is 10.3. The maximum atomic E-state index is 12.3. The van der Waals surface area contributed by atoms with Gasteiger partial charge in [0, 0.05) is 31.5 Å². The van der Waals surface area contributed by atoms with Crippen LogP contribution in [-0.4, -0.2) is 31.9 Å². The molecule has 0 radical (unpaired) electrons. The highest BCUT2D eigenvalue weighted by Gasteiger charge is 2.12. The van der Waals surface area contributed by atoms with Crippen molar-refractivity contribution in [2.75, 3.05) is 11.9 Å². The first kappa shape index (κ1) is 17.7. The Kier molecular flexibility index (Phi) is 5.33. The molecule has 0 aliphatic heterocycles. The van der Waals surface area contributed by atoms with Crippen molar-refractivity contribution in [3.63, 3.8) is 0 Å². The van der Waals surface area contributed by atoms with Gasteiger partial charge in [0.05, 0.1) is 17.3 Å². The van der Waals surface area contributed by atoms with Crippen LogP contribution in [0.2, 0.25) is 5.02 Å². The van der Waals surface area contributed by atoms with Gasteiger partial charge in [-0.15, -0.1) is 5.10 Å². The second kappa shape index (κ2) is 7.83. The molecule has 0 saturated heterocycles. The van der Waals surface area contributed by atoms with Crippen molar-refractivity contribution in [3.05, 3.63) is 64.3 Å². The second-order valence-corrected chi connectivity index (χ2v) is 5.90. The van der Waals surface area contributed by atoms with E-state index in [0.717, 1.165) is 5.56 Å². The lowest BCUT2D eigenvalue weighted by molar-refractivity contribution is 0.251. The number of benzene rings is 1. The van der Waals surface area contributed by atoms with Crippen LogP contribution in [0.3, 0.4) is 0 Å². The molecule has 0 aliphatic rings. The lowest BCUT2D eigenvalue weighted by Crippen LogP contribution is -2.34. The Balaban J connectivity index is 1.61. The first-order chi connectivity index (χ1) is 12.6. The maximum Gasteiger partial charge on any atom is 0.345 e. The molecular formula is C17H17ClN6O2. The number of urea groups is 1. The molecule has 134 valence electrons. The molecule has 0 unspecified atom stereocenters. The van der Waals surface area contributed by atoms with Crippen molar-refractivity contribution in [2.45, 2.75) is 6.54 Å². The van der Waals surface area contributed by atoms with Gasteiger partial charge in [-0.25, -0.2) is 14.3 Å². The summed E-state index contributed by atoms with van der Waals surface area (Å²) in [6.45, 7) is 0.475. The molecule has 2 amide bonds. The van der Waals surface area contributed by atoms with E-state index >= 15 is 0 Å². The van der Waals surface area contributed by atoms with Crippen LogP contribution in [0.4, 0.5) is 10.5 Å². The molecular weight excluding hydrogens is 356 g/mol. The highest BCUT2D eigenvalue weighted by molar-refractivity contribution is 6.33. The van der Waals surface area contributed by atoms with Crippen LogP contribution in [0.25, 0.3) is 11.4 Å². The molecule has 0 spiro atoms. The quantitative estimate of drug-likeness (QED) is 0.717. The third kappa shape index (κ3) is 3.92. The summed E-state index contributed by atoms with van der Waals surface area (Å²) in [7, 11) is 1.64. The van der Waals surface area contributed by atoms with Gasteiger partial charge in [0.25, 0.3) is 0 Å². The number of halogens is 1. The Hall–Kier alpha value is -3.13. The number of carbonyl (C=O) groups excluding carboxylic acids is 1. The van der Waals surface area contributed by atoms with E-state index in [9.17, 15) is 9.59 Å². The number of aromatic nitrogens is 4. The third-order valence-electron chi connectivity index (χ3n) is 3.69. The van der Waals surface area contributed by atoms with E-state index in [1.54, 1.807) is 49.8 Å². The molecule has 0 aliphatic carbocycles. The molecule has 9 heteroatoms. The average molecular weight is 373 g/mol. The summed E-state index contributed by atoms with van der Waals surface area (Å²) in [6.07, 6.45) is 3.29. The summed E-state index contributed by atoms with van der Waals surface area (Å²) in [5, 5.41) is 10.1. The molecule has 0 atom stereocenters. The molecule has 8 nitrogen and oxygen atoms in total. The number of nitrogens with one attached hydrogen (secondary N) is 2. The number of hydrogen-bond donors (Lipinski definition) is 2. The summed E-state index contributed by atoms with van der Waals surface area (Å²) in [5.74, 6) is 0.517. The zero-order valence-electron chi connectivity index (χ0n) is 14.0. The van der Waals surface area contributed by atoms with Crippen molar-refractivity contribution in [2.24, 2.45) is 7.05 Å². The van der Waals surface area contributed by atoms with E-state index in [-0.39, 0.29) is 18.8 Å². The number of pyridine rings is 1. The zero-order chi connectivity index (χ0) is 18.5. The van der Waals surface area contributed by atoms with Crippen LogP contribution in [-0.2, 0) is 13.6 Å². The van der Waals surface area contributed by atoms with E-state index in [1.807, 2.05) is 6.07 Å². The predicted molar refractivity (Wildman–Crippen MR) is 99.2 cm³/mol. The highest BCUT2D eigenvalue weighted by Crippen LogP contribution is 2.20. The molecule has 3 aromatic rings. The summed E-state index contributed by atoms with van der Waals surface area (Å²) in [6, 6.07) is 10.1. The average Bonchev–Trinajstić information content (AvgIpc) is 2.93. The van der Waals surface area contributed by atoms with Gasteiger partial charge in [-0.2, -0.15) is 0 Å².